The van der Waals surface area contributed by atoms with Gasteiger partial charge < -0.3 is 10.2 Å². The molecule has 22 heavy (non-hydrogen) atoms. The summed E-state index contributed by atoms with van der Waals surface area (Å²) >= 11 is 1.69. The number of amides is 2. The van der Waals surface area contributed by atoms with E-state index in [1.54, 1.807) is 11.8 Å². The van der Waals surface area contributed by atoms with Crippen LogP contribution in [0, 0.1) is 0 Å². The fraction of sp³-hybridized carbons (Fsp3) is 0.588. The number of carbonyl (C=O) groups excluding carboxylic acids is 1. The van der Waals surface area contributed by atoms with Crippen molar-refractivity contribution < 1.29 is 4.79 Å². The average Bonchev–Trinajstić information content (AvgIpc) is 2.75. The summed E-state index contributed by atoms with van der Waals surface area (Å²) in [6.45, 7) is 4.15. The van der Waals surface area contributed by atoms with E-state index in [0.717, 1.165) is 18.8 Å². The summed E-state index contributed by atoms with van der Waals surface area (Å²) in [7, 11) is 0. The van der Waals surface area contributed by atoms with Gasteiger partial charge in [0.1, 0.15) is 0 Å². The normalized spacial score (nSPS) is 20.3. The van der Waals surface area contributed by atoms with E-state index < -0.39 is 0 Å². The van der Waals surface area contributed by atoms with Gasteiger partial charge in [0.05, 0.1) is 0 Å². The van der Waals surface area contributed by atoms with Crippen molar-refractivity contribution in [3.05, 3.63) is 24.3 Å². The third kappa shape index (κ3) is 3.76. The van der Waals surface area contributed by atoms with Gasteiger partial charge in [-0.05, 0) is 50.4 Å². The highest BCUT2D eigenvalue weighted by molar-refractivity contribution is 7.98. The smallest absolute Gasteiger partial charge is 0.321 e. The third-order valence-electron chi connectivity index (χ3n) is 4.63. The van der Waals surface area contributed by atoms with Crippen LogP contribution < -0.4 is 5.32 Å². The third-order valence-corrected chi connectivity index (χ3v) is 5.35. The van der Waals surface area contributed by atoms with Gasteiger partial charge in [0.15, 0.2) is 0 Å². The summed E-state index contributed by atoms with van der Waals surface area (Å²) in [6, 6.07) is 8.61. The number of anilines is 1. The first kappa shape index (κ1) is 15.7. The van der Waals surface area contributed by atoms with Crippen LogP contribution in [0.2, 0.25) is 0 Å². The largest absolute Gasteiger partial charge is 0.321 e. The molecule has 2 aliphatic heterocycles. The van der Waals surface area contributed by atoms with Crippen molar-refractivity contribution in [3.8, 4) is 0 Å². The van der Waals surface area contributed by atoms with Crippen molar-refractivity contribution in [2.45, 2.75) is 36.6 Å². The minimum absolute atomic E-state index is 0.0318. The van der Waals surface area contributed by atoms with Crippen LogP contribution in [-0.4, -0.2) is 54.3 Å². The van der Waals surface area contributed by atoms with Gasteiger partial charge in [0.25, 0.3) is 0 Å². The van der Waals surface area contributed by atoms with Crippen LogP contribution in [0.4, 0.5) is 10.5 Å². The van der Waals surface area contributed by atoms with Crippen molar-refractivity contribution in [1.82, 2.24) is 9.80 Å². The van der Waals surface area contributed by atoms with Crippen molar-refractivity contribution in [3.63, 3.8) is 0 Å². The van der Waals surface area contributed by atoms with E-state index in [2.05, 4.69) is 16.3 Å². The minimum Gasteiger partial charge on any atom is -0.321 e. The molecule has 0 bridgehead atoms. The summed E-state index contributed by atoms with van der Waals surface area (Å²) < 4.78 is 0. The Balaban J connectivity index is 1.48. The van der Waals surface area contributed by atoms with Gasteiger partial charge in [0.2, 0.25) is 0 Å². The first-order valence-electron chi connectivity index (χ1n) is 8.20. The Labute approximate surface area is 137 Å². The molecular formula is C17H25N3OS. The molecule has 0 aliphatic carbocycles. The summed E-state index contributed by atoms with van der Waals surface area (Å²) in [6.07, 6.45) is 7.38. The molecule has 0 atom stereocenters. The van der Waals surface area contributed by atoms with Crippen LogP contribution in [0.3, 0.4) is 0 Å². The number of urea groups is 1. The predicted molar refractivity (Wildman–Crippen MR) is 92.6 cm³/mol. The Morgan fingerprint density at radius 3 is 2.59 bits per heavy atom. The van der Waals surface area contributed by atoms with Gasteiger partial charge in [-0.25, -0.2) is 4.79 Å². The highest BCUT2D eigenvalue weighted by Gasteiger charge is 2.34. The molecule has 2 heterocycles. The zero-order chi connectivity index (χ0) is 15.4. The molecule has 2 amide bonds. The quantitative estimate of drug-likeness (QED) is 0.866. The van der Waals surface area contributed by atoms with Crippen LogP contribution in [0.15, 0.2) is 29.2 Å². The Hall–Kier alpha value is -1.20. The SMILES string of the molecule is CSc1cccc(NC(=O)N2CC(N3CCCCCC3)C2)c1. The molecule has 2 aliphatic rings. The molecule has 0 spiro atoms. The van der Waals surface area contributed by atoms with Gasteiger partial charge in [-0.2, -0.15) is 0 Å². The number of benzene rings is 1. The van der Waals surface area contributed by atoms with E-state index in [-0.39, 0.29) is 6.03 Å². The molecule has 0 saturated carbocycles. The zero-order valence-corrected chi connectivity index (χ0v) is 14.1. The lowest BCUT2D eigenvalue weighted by atomic mass is 10.1. The molecule has 1 aromatic rings. The lowest BCUT2D eigenvalue weighted by molar-refractivity contribution is 0.0638. The maximum Gasteiger partial charge on any atom is 0.321 e. The molecule has 1 aromatic carbocycles. The molecule has 120 valence electrons. The molecule has 0 radical (unpaired) electrons. The van der Waals surface area contributed by atoms with Gasteiger partial charge in [-0.1, -0.05) is 18.9 Å². The van der Waals surface area contributed by atoms with Crippen LogP contribution in [0.5, 0.6) is 0 Å². The highest BCUT2D eigenvalue weighted by Crippen LogP contribution is 2.22. The van der Waals surface area contributed by atoms with E-state index in [1.807, 2.05) is 29.4 Å². The Morgan fingerprint density at radius 2 is 1.91 bits per heavy atom. The fourth-order valence-electron chi connectivity index (χ4n) is 3.22. The van der Waals surface area contributed by atoms with E-state index in [4.69, 9.17) is 0 Å². The molecule has 2 fully saturated rings. The summed E-state index contributed by atoms with van der Waals surface area (Å²) in [5.74, 6) is 0. The van der Waals surface area contributed by atoms with Crippen molar-refractivity contribution in [1.29, 1.82) is 0 Å². The molecule has 1 N–H and O–H groups in total. The molecule has 2 saturated heterocycles. The number of likely N-dealkylation sites (tertiary alicyclic amines) is 2. The fourth-order valence-corrected chi connectivity index (χ4v) is 3.68. The Morgan fingerprint density at radius 1 is 1.18 bits per heavy atom. The Bertz CT molecular complexity index is 508. The summed E-state index contributed by atoms with van der Waals surface area (Å²) in [5, 5.41) is 3.01. The second-order valence-electron chi connectivity index (χ2n) is 6.17. The van der Waals surface area contributed by atoms with Crippen molar-refractivity contribution in [2.24, 2.45) is 0 Å². The first-order valence-corrected chi connectivity index (χ1v) is 9.43. The number of thioether (sulfide) groups is 1. The lowest BCUT2D eigenvalue weighted by Crippen LogP contribution is -2.62. The number of nitrogens with one attached hydrogen (secondary N) is 1. The Kier molecular flexibility index (Phi) is 5.26. The van der Waals surface area contributed by atoms with Crippen LogP contribution in [-0.2, 0) is 0 Å². The van der Waals surface area contributed by atoms with Crippen LogP contribution in [0.1, 0.15) is 25.7 Å². The maximum atomic E-state index is 12.3. The maximum absolute atomic E-state index is 12.3. The van der Waals surface area contributed by atoms with Crippen LogP contribution in [0.25, 0.3) is 0 Å². The van der Waals surface area contributed by atoms with E-state index in [1.165, 1.54) is 43.7 Å². The topological polar surface area (TPSA) is 35.6 Å². The summed E-state index contributed by atoms with van der Waals surface area (Å²) in [4.78, 5) is 17.9. The van der Waals surface area contributed by atoms with Crippen molar-refractivity contribution >= 4 is 23.5 Å². The number of hydrogen-bond donors (Lipinski definition) is 1. The first-order chi connectivity index (χ1) is 10.8. The highest BCUT2D eigenvalue weighted by atomic mass is 32.2. The average molecular weight is 319 g/mol. The van der Waals surface area contributed by atoms with Crippen LogP contribution >= 0.6 is 11.8 Å². The van der Waals surface area contributed by atoms with E-state index >= 15 is 0 Å². The monoisotopic (exact) mass is 319 g/mol. The second-order valence-corrected chi connectivity index (χ2v) is 7.05. The number of nitrogens with zero attached hydrogens (tertiary/aromatic N) is 2. The molecule has 5 heteroatoms. The molecular weight excluding hydrogens is 294 g/mol. The van der Waals surface area contributed by atoms with Gasteiger partial charge in [-0.3, -0.25) is 4.90 Å². The number of carbonyl (C=O) groups is 1. The molecule has 3 rings (SSSR count). The molecule has 4 nitrogen and oxygen atoms in total. The number of hydrogen-bond acceptors (Lipinski definition) is 3. The predicted octanol–water partition coefficient (Wildman–Crippen LogP) is 3.50. The van der Waals surface area contributed by atoms with E-state index in [9.17, 15) is 4.79 Å². The van der Waals surface area contributed by atoms with Gasteiger partial charge in [0, 0.05) is 29.7 Å². The minimum atomic E-state index is 0.0318. The number of rotatable bonds is 3. The molecule has 0 unspecified atom stereocenters. The molecule has 0 aromatic heterocycles. The van der Waals surface area contributed by atoms with Crippen molar-refractivity contribution in [2.75, 3.05) is 37.8 Å². The summed E-state index contributed by atoms with van der Waals surface area (Å²) in [5.41, 5.74) is 0.884. The van der Waals surface area contributed by atoms with Gasteiger partial charge >= 0.3 is 6.03 Å². The standard InChI is InChI=1S/C17H25N3OS/c1-22-16-8-6-7-14(11-16)18-17(21)20-12-15(13-20)19-9-4-2-3-5-10-19/h6-8,11,15H,2-5,9-10,12-13H2,1H3,(H,18,21). The second kappa shape index (κ2) is 7.38. The van der Waals surface area contributed by atoms with Gasteiger partial charge in [-0.15, -0.1) is 11.8 Å². The van der Waals surface area contributed by atoms with E-state index in [0.29, 0.717) is 6.04 Å². The zero-order valence-electron chi connectivity index (χ0n) is 13.3. The lowest BCUT2D eigenvalue weighted by Gasteiger charge is -2.45.